The molecular formula is C29H28N2O4. The van der Waals surface area contributed by atoms with E-state index in [4.69, 9.17) is 14.9 Å². The molecule has 1 heterocycles. The summed E-state index contributed by atoms with van der Waals surface area (Å²) in [7, 11) is 0. The maximum atomic E-state index is 13.2. The Bertz CT molecular complexity index is 1360. The molecule has 0 saturated heterocycles. The number of ether oxygens (including phenoxy) is 1. The van der Waals surface area contributed by atoms with Gasteiger partial charge in [0.15, 0.2) is 17.1 Å². The molecule has 0 aliphatic heterocycles. The van der Waals surface area contributed by atoms with Gasteiger partial charge in [-0.05, 0) is 49.6 Å². The second-order valence-corrected chi connectivity index (χ2v) is 8.83. The highest BCUT2D eigenvalue weighted by Gasteiger charge is 2.22. The third-order valence-corrected chi connectivity index (χ3v) is 6.42. The molecular weight excluding hydrogens is 440 g/mol. The fourth-order valence-corrected chi connectivity index (χ4v) is 4.63. The first-order valence-corrected chi connectivity index (χ1v) is 12.0. The number of benzene rings is 3. The number of ketones is 1. The van der Waals surface area contributed by atoms with E-state index in [0.29, 0.717) is 22.6 Å². The maximum absolute atomic E-state index is 13.2. The largest absolute Gasteiger partial charge is 0.488 e. The summed E-state index contributed by atoms with van der Waals surface area (Å²) in [5, 5.41) is 1.10. The number of nitrogen functional groups attached to an aromatic ring is 1. The second kappa shape index (κ2) is 10.1. The molecule has 1 aromatic heterocycles. The molecule has 6 nitrogen and oxygen atoms in total. The van der Waals surface area contributed by atoms with Crippen LogP contribution in [0, 0.1) is 0 Å². The van der Waals surface area contributed by atoms with Crippen LogP contribution in [0.2, 0.25) is 0 Å². The smallest absolute Gasteiger partial charge is 0.254 e. The summed E-state index contributed by atoms with van der Waals surface area (Å²) in [5.41, 5.74) is 9.39. The minimum Gasteiger partial charge on any atom is -0.488 e. The zero-order valence-corrected chi connectivity index (χ0v) is 19.5. The lowest BCUT2D eigenvalue weighted by Crippen LogP contribution is -2.38. The van der Waals surface area contributed by atoms with Crippen LogP contribution in [0.4, 0.5) is 5.69 Å². The van der Waals surface area contributed by atoms with Crippen molar-refractivity contribution in [2.45, 2.75) is 25.7 Å². The number of anilines is 1. The predicted molar refractivity (Wildman–Crippen MR) is 136 cm³/mol. The number of hydrogen-bond acceptors (Lipinski definition) is 5. The fraction of sp³-hybridized carbons (Fsp3) is 0.241. The SMILES string of the molecule is Nc1cccc(C(=O)CN(CCOc2cccc3c4c(oc23)CCCC4)C(=O)c2ccccc2)c1. The summed E-state index contributed by atoms with van der Waals surface area (Å²) in [6, 6.07) is 21.7. The van der Waals surface area contributed by atoms with Gasteiger partial charge in [0.1, 0.15) is 12.4 Å². The number of fused-ring (bicyclic) bond motifs is 3. The Balaban J connectivity index is 1.33. The topological polar surface area (TPSA) is 85.8 Å². The van der Waals surface area contributed by atoms with Gasteiger partial charge in [-0.2, -0.15) is 0 Å². The van der Waals surface area contributed by atoms with Crippen molar-refractivity contribution in [3.05, 3.63) is 95.2 Å². The number of carbonyl (C=O) groups excluding carboxylic acids is 2. The molecule has 5 rings (SSSR count). The van der Waals surface area contributed by atoms with Crippen LogP contribution in [-0.2, 0) is 12.8 Å². The van der Waals surface area contributed by atoms with Crippen molar-refractivity contribution in [2.24, 2.45) is 0 Å². The van der Waals surface area contributed by atoms with Crippen LogP contribution in [0.25, 0.3) is 11.0 Å². The molecule has 4 aromatic rings. The van der Waals surface area contributed by atoms with Gasteiger partial charge in [0.2, 0.25) is 0 Å². The lowest BCUT2D eigenvalue weighted by molar-refractivity contribution is 0.0686. The first-order valence-electron chi connectivity index (χ1n) is 12.0. The van der Waals surface area contributed by atoms with Gasteiger partial charge in [-0.3, -0.25) is 9.59 Å². The molecule has 0 unspecified atom stereocenters. The standard InChI is InChI=1S/C29H28N2O4/c30-22-11-6-10-21(18-22)25(32)19-31(29(33)20-8-2-1-3-9-20)16-17-34-27-15-7-13-24-23-12-4-5-14-26(23)35-28(24)27/h1-3,6-11,13,15,18H,4-5,12,14,16-17,19,30H2. The number of Topliss-reactive ketones (excluding diaryl/α,β-unsaturated/α-hetero) is 1. The normalized spacial score (nSPS) is 12.8. The van der Waals surface area contributed by atoms with Crippen LogP contribution in [0.1, 0.15) is 44.9 Å². The molecule has 0 fully saturated rings. The molecule has 3 aromatic carbocycles. The monoisotopic (exact) mass is 468 g/mol. The summed E-state index contributed by atoms with van der Waals surface area (Å²) < 4.78 is 12.3. The average molecular weight is 469 g/mol. The van der Waals surface area contributed by atoms with E-state index < -0.39 is 0 Å². The molecule has 1 amide bonds. The lowest BCUT2D eigenvalue weighted by atomic mass is 9.96. The van der Waals surface area contributed by atoms with Crippen molar-refractivity contribution < 1.29 is 18.7 Å². The van der Waals surface area contributed by atoms with E-state index in [1.54, 1.807) is 48.5 Å². The van der Waals surface area contributed by atoms with Crippen LogP contribution >= 0.6 is 0 Å². The number of furan rings is 1. The second-order valence-electron chi connectivity index (χ2n) is 8.83. The van der Waals surface area contributed by atoms with Crippen LogP contribution in [0.15, 0.2) is 77.2 Å². The highest BCUT2D eigenvalue weighted by atomic mass is 16.5. The van der Waals surface area contributed by atoms with Gasteiger partial charge in [0, 0.05) is 34.2 Å². The summed E-state index contributed by atoms with van der Waals surface area (Å²) in [6.07, 6.45) is 4.29. The van der Waals surface area contributed by atoms with Crippen LogP contribution in [-0.4, -0.2) is 36.3 Å². The number of amides is 1. The number of nitrogens with zero attached hydrogens (tertiary/aromatic N) is 1. The van der Waals surface area contributed by atoms with E-state index in [-0.39, 0.29) is 31.4 Å². The number of para-hydroxylation sites is 1. The molecule has 1 aliphatic rings. The van der Waals surface area contributed by atoms with E-state index >= 15 is 0 Å². The Morgan fingerprint density at radius 2 is 1.69 bits per heavy atom. The summed E-state index contributed by atoms with van der Waals surface area (Å²) in [6.45, 7) is 0.408. The van der Waals surface area contributed by atoms with Crippen LogP contribution < -0.4 is 10.5 Å². The third kappa shape index (κ3) is 4.92. The average Bonchev–Trinajstić information content (AvgIpc) is 3.28. The van der Waals surface area contributed by atoms with Gasteiger partial charge < -0.3 is 19.8 Å². The Morgan fingerprint density at radius 1 is 0.914 bits per heavy atom. The Hall–Kier alpha value is -4.06. The molecule has 2 N–H and O–H groups in total. The minimum atomic E-state index is -0.224. The van der Waals surface area contributed by atoms with Gasteiger partial charge in [-0.15, -0.1) is 0 Å². The first-order chi connectivity index (χ1) is 17.1. The predicted octanol–water partition coefficient (Wildman–Crippen LogP) is 5.30. The van der Waals surface area contributed by atoms with E-state index in [2.05, 4.69) is 6.07 Å². The summed E-state index contributed by atoms with van der Waals surface area (Å²) in [4.78, 5) is 27.7. The molecule has 0 bridgehead atoms. The van der Waals surface area contributed by atoms with Crippen molar-refractivity contribution >= 4 is 28.3 Å². The molecule has 0 radical (unpaired) electrons. The van der Waals surface area contributed by atoms with Crippen molar-refractivity contribution in [2.75, 3.05) is 25.4 Å². The number of nitrogens with two attached hydrogens (primary N) is 1. The molecule has 0 saturated carbocycles. The van der Waals surface area contributed by atoms with E-state index in [1.807, 2.05) is 18.2 Å². The fourth-order valence-electron chi connectivity index (χ4n) is 4.63. The first kappa shape index (κ1) is 22.7. The minimum absolute atomic E-state index is 0.0697. The van der Waals surface area contributed by atoms with Gasteiger partial charge in [-0.25, -0.2) is 0 Å². The zero-order valence-electron chi connectivity index (χ0n) is 19.5. The quantitative estimate of drug-likeness (QED) is 0.280. The highest BCUT2D eigenvalue weighted by molar-refractivity contribution is 6.02. The molecule has 0 spiro atoms. The van der Waals surface area contributed by atoms with Gasteiger partial charge >= 0.3 is 0 Å². The van der Waals surface area contributed by atoms with Crippen molar-refractivity contribution in [1.82, 2.24) is 4.90 Å². The molecule has 178 valence electrons. The Labute approximate surface area is 204 Å². The maximum Gasteiger partial charge on any atom is 0.254 e. The van der Waals surface area contributed by atoms with Gasteiger partial charge in [0.05, 0.1) is 13.1 Å². The van der Waals surface area contributed by atoms with E-state index in [0.717, 1.165) is 36.0 Å². The van der Waals surface area contributed by atoms with Crippen molar-refractivity contribution in [1.29, 1.82) is 0 Å². The lowest BCUT2D eigenvalue weighted by Gasteiger charge is -2.22. The van der Waals surface area contributed by atoms with Crippen LogP contribution in [0.3, 0.4) is 0 Å². The highest BCUT2D eigenvalue weighted by Crippen LogP contribution is 2.36. The van der Waals surface area contributed by atoms with Crippen molar-refractivity contribution in [3.63, 3.8) is 0 Å². The third-order valence-electron chi connectivity index (χ3n) is 6.42. The number of aryl methyl sites for hydroxylation is 2. The molecule has 0 atom stereocenters. The number of carbonyl (C=O) groups is 2. The molecule has 35 heavy (non-hydrogen) atoms. The van der Waals surface area contributed by atoms with E-state index in [9.17, 15) is 9.59 Å². The zero-order chi connectivity index (χ0) is 24.2. The molecule has 1 aliphatic carbocycles. The van der Waals surface area contributed by atoms with Gasteiger partial charge in [0.25, 0.3) is 5.91 Å². The molecule has 6 heteroatoms. The number of rotatable bonds is 8. The van der Waals surface area contributed by atoms with Crippen LogP contribution in [0.5, 0.6) is 5.75 Å². The van der Waals surface area contributed by atoms with Crippen molar-refractivity contribution in [3.8, 4) is 5.75 Å². The Kier molecular flexibility index (Phi) is 6.53. The van der Waals surface area contributed by atoms with Gasteiger partial charge in [-0.1, -0.05) is 42.5 Å². The summed E-state index contributed by atoms with van der Waals surface area (Å²) in [5.74, 6) is 1.31. The van der Waals surface area contributed by atoms with E-state index in [1.165, 1.54) is 16.9 Å². The Morgan fingerprint density at radius 3 is 2.51 bits per heavy atom. The number of hydrogen-bond donors (Lipinski definition) is 1. The summed E-state index contributed by atoms with van der Waals surface area (Å²) >= 11 is 0.